The first-order valence-corrected chi connectivity index (χ1v) is 7.09. The summed E-state index contributed by atoms with van der Waals surface area (Å²) in [6.07, 6.45) is 4.05. The highest BCUT2D eigenvalue weighted by molar-refractivity contribution is 6.18. The van der Waals surface area contributed by atoms with E-state index in [1.165, 1.54) is 32.4 Å². The molecule has 0 fully saturated rings. The van der Waals surface area contributed by atoms with Crippen molar-refractivity contribution in [3.63, 3.8) is 0 Å². The van der Waals surface area contributed by atoms with Crippen LogP contribution in [-0.4, -0.2) is 9.38 Å². The molecule has 0 radical (unpaired) electrons. The number of hydrogen-bond donors (Lipinski definition) is 0. The van der Waals surface area contributed by atoms with Crippen LogP contribution in [0, 0.1) is 0 Å². The quantitative estimate of drug-likeness (QED) is 0.369. The summed E-state index contributed by atoms with van der Waals surface area (Å²) in [5, 5.41) is 6.26. The van der Waals surface area contributed by atoms with Crippen LogP contribution in [0.5, 0.6) is 0 Å². The lowest BCUT2D eigenvalue weighted by Crippen LogP contribution is -1.91. The highest BCUT2D eigenvalue weighted by Crippen LogP contribution is 2.33. The van der Waals surface area contributed by atoms with Gasteiger partial charge in [-0.3, -0.25) is 4.40 Å². The molecule has 2 nitrogen and oxygen atoms in total. The molecular weight excluding hydrogens is 256 g/mol. The van der Waals surface area contributed by atoms with E-state index >= 15 is 0 Å². The molecule has 0 bridgehead atoms. The van der Waals surface area contributed by atoms with Crippen molar-refractivity contribution in [1.29, 1.82) is 0 Å². The van der Waals surface area contributed by atoms with Crippen LogP contribution in [0.3, 0.4) is 0 Å². The van der Waals surface area contributed by atoms with E-state index in [1.54, 1.807) is 0 Å². The number of benzene rings is 2. The molecule has 0 saturated carbocycles. The van der Waals surface area contributed by atoms with Gasteiger partial charge in [0.05, 0.1) is 5.52 Å². The highest BCUT2D eigenvalue weighted by Gasteiger charge is 2.11. The third-order valence-electron chi connectivity index (χ3n) is 4.21. The van der Waals surface area contributed by atoms with Crippen LogP contribution in [0.2, 0.25) is 0 Å². The van der Waals surface area contributed by atoms with Crippen LogP contribution < -0.4 is 0 Å². The molecule has 21 heavy (non-hydrogen) atoms. The molecule has 0 unspecified atom stereocenters. The van der Waals surface area contributed by atoms with Crippen LogP contribution in [-0.2, 0) is 0 Å². The average Bonchev–Trinajstić information content (AvgIpc) is 2.95. The second-order valence-electron chi connectivity index (χ2n) is 5.36. The van der Waals surface area contributed by atoms with E-state index in [-0.39, 0.29) is 0 Å². The van der Waals surface area contributed by atoms with Gasteiger partial charge in [0, 0.05) is 33.9 Å². The van der Waals surface area contributed by atoms with E-state index in [4.69, 9.17) is 0 Å². The number of pyridine rings is 2. The Labute approximate surface area is 121 Å². The lowest BCUT2D eigenvalue weighted by Gasteiger charge is -2.08. The molecule has 2 aromatic carbocycles. The fourth-order valence-electron chi connectivity index (χ4n) is 3.32. The molecule has 0 atom stereocenters. The zero-order valence-corrected chi connectivity index (χ0v) is 11.3. The zero-order valence-electron chi connectivity index (χ0n) is 11.3. The minimum Gasteiger partial charge on any atom is -0.299 e. The van der Waals surface area contributed by atoms with Gasteiger partial charge in [-0.2, -0.15) is 0 Å². The maximum absolute atomic E-state index is 4.62. The molecule has 0 spiro atoms. The lowest BCUT2D eigenvalue weighted by molar-refractivity contribution is 1.21. The molecule has 98 valence electrons. The van der Waals surface area contributed by atoms with Gasteiger partial charge in [-0.05, 0) is 17.5 Å². The predicted octanol–water partition coefficient (Wildman–Crippen LogP) is 4.79. The molecule has 0 aliphatic rings. The normalized spacial score (nSPS) is 11.8. The Morgan fingerprint density at radius 3 is 2.29 bits per heavy atom. The summed E-state index contributed by atoms with van der Waals surface area (Å²) in [7, 11) is 0. The van der Waals surface area contributed by atoms with Crippen LogP contribution in [0.25, 0.3) is 38.1 Å². The number of hydrogen-bond acceptors (Lipinski definition) is 1. The molecule has 0 aliphatic heterocycles. The van der Waals surface area contributed by atoms with Crippen LogP contribution in [0.1, 0.15) is 0 Å². The maximum Gasteiger partial charge on any atom is 0.145 e. The molecular formula is C19H12N2. The van der Waals surface area contributed by atoms with Crippen LogP contribution >= 0.6 is 0 Å². The second-order valence-corrected chi connectivity index (χ2v) is 5.36. The van der Waals surface area contributed by atoms with Crippen molar-refractivity contribution in [2.45, 2.75) is 0 Å². The van der Waals surface area contributed by atoms with Crippen molar-refractivity contribution in [3.8, 4) is 0 Å². The Hall–Kier alpha value is -2.87. The zero-order chi connectivity index (χ0) is 13.8. The summed E-state index contributed by atoms with van der Waals surface area (Å²) in [5.41, 5.74) is 2.26. The van der Waals surface area contributed by atoms with Crippen LogP contribution in [0.15, 0.2) is 73.1 Å². The number of aromatic nitrogens is 2. The summed E-state index contributed by atoms with van der Waals surface area (Å²) in [5.74, 6) is 0. The maximum atomic E-state index is 4.62. The van der Waals surface area contributed by atoms with Gasteiger partial charge in [0.1, 0.15) is 5.65 Å². The first kappa shape index (κ1) is 10.9. The standard InChI is InChI=1S/C19H12N2/c1-2-7-14-13(6-1)12-21-18(14)16-9-4-3-8-15(16)17-10-5-11-20-19(17)21/h1-12H. The van der Waals surface area contributed by atoms with Crippen molar-refractivity contribution in [3.05, 3.63) is 73.1 Å². The fraction of sp³-hybridized carbons (Fsp3) is 0. The number of nitrogens with zero attached hydrogens (tertiary/aromatic N) is 2. The van der Waals surface area contributed by atoms with Crippen molar-refractivity contribution in [2.24, 2.45) is 0 Å². The molecule has 5 aromatic rings. The third kappa shape index (κ3) is 1.34. The molecule has 3 heterocycles. The highest BCUT2D eigenvalue weighted by atomic mass is 15.0. The lowest BCUT2D eigenvalue weighted by atomic mass is 10.1. The Balaban J connectivity index is 2.25. The smallest absolute Gasteiger partial charge is 0.145 e. The van der Waals surface area contributed by atoms with Gasteiger partial charge in [0.25, 0.3) is 0 Å². The van der Waals surface area contributed by atoms with E-state index in [2.05, 4.69) is 70.2 Å². The fourth-order valence-corrected chi connectivity index (χ4v) is 3.32. The van der Waals surface area contributed by atoms with Crippen molar-refractivity contribution in [1.82, 2.24) is 9.38 Å². The topological polar surface area (TPSA) is 17.3 Å². The van der Waals surface area contributed by atoms with Crippen molar-refractivity contribution in [2.75, 3.05) is 0 Å². The summed E-state index contributed by atoms with van der Waals surface area (Å²) < 4.78 is 2.22. The third-order valence-corrected chi connectivity index (χ3v) is 4.21. The Morgan fingerprint density at radius 1 is 0.667 bits per heavy atom. The Kier molecular flexibility index (Phi) is 1.98. The molecule has 5 rings (SSSR count). The van der Waals surface area contributed by atoms with Gasteiger partial charge in [-0.15, -0.1) is 0 Å². The van der Waals surface area contributed by atoms with Crippen molar-refractivity contribution < 1.29 is 0 Å². The molecule has 3 aromatic heterocycles. The van der Waals surface area contributed by atoms with Gasteiger partial charge in [0.15, 0.2) is 0 Å². The van der Waals surface area contributed by atoms with E-state index in [0.29, 0.717) is 0 Å². The first-order valence-electron chi connectivity index (χ1n) is 7.09. The van der Waals surface area contributed by atoms with Gasteiger partial charge in [0.2, 0.25) is 0 Å². The number of rotatable bonds is 0. The monoisotopic (exact) mass is 268 g/mol. The Bertz CT molecular complexity index is 1140. The summed E-state index contributed by atoms with van der Waals surface area (Å²) in [4.78, 5) is 4.62. The molecule has 2 heteroatoms. The Morgan fingerprint density at radius 2 is 1.38 bits per heavy atom. The minimum atomic E-state index is 1.02. The van der Waals surface area contributed by atoms with Crippen LogP contribution in [0.4, 0.5) is 0 Å². The first-order chi connectivity index (χ1) is 10.4. The van der Waals surface area contributed by atoms with E-state index in [0.717, 1.165) is 5.65 Å². The van der Waals surface area contributed by atoms with E-state index in [1.807, 2.05) is 12.3 Å². The van der Waals surface area contributed by atoms with Gasteiger partial charge in [-0.25, -0.2) is 4.98 Å². The van der Waals surface area contributed by atoms with Gasteiger partial charge < -0.3 is 0 Å². The minimum absolute atomic E-state index is 1.02. The van der Waals surface area contributed by atoms with E-state index in [9.17, 15) is 0 Å². The number of fused-ring (bicyclic) bond motifs is 8. The van der Waals surface area contributed by atoms with Gasteiger partial charge in [-0.1, -0.05) is 48.5 Å². The second kappa shape index (κ2) is 3.83. The molecule has 0 amide bonds. The summed E-state index contributed by atoms with van der Waals surface area (Å²) in [6.45, 7) is 0. The van der Waals surface area contributed by atoms with Crippen molar-refractivity contribution >= 4 is 38.1 Å². The molecule has 0 N–H and O–H groups in total. The largest absolute Gasteiger partial charge is 0.299 e. The summed E-state index contributed by atoms with van der Waals surface area (Å²) in [6, 6.07) is 21.3. The molecule has 0 aliphatic carbocycles. The average molecular weight is 268 g/mol. The van der Waals surface area contributed by atoms with E-state index < -0.39 is 0 Å². The predicted molar refractivity (Wildman–Crippen MR) is 87.7 cm³/mol. The SMILES string of the molecule is c1ccc2c(c1)cn1c3ncccc3c3ccccc3c21. The summed E-state index contributed by atoms with van der Waals surface area (Å²) >= 11 is 0. The molecule has 0 saturated heterocycles. The van der Waals surface area contributed by atoms with Gasteiger partial charge >= 0.3 is 0 Å².